The number of hydrogen-bond donors (Lipinski definition) is 1. The fraction of sp³-hybridized carbons (Fsp3) is 0.318. The molecule has 0 saturated carbocycles. The number of pyridine rings is 1. The normalized spacial score (nSPS) is 11.1. The van der Waals surface area contributed by atoms with Crippen LogP contribution in [0.1, 0.15) is 31.9 Å². The van der Waals surface area contributed by atoms with E-state index in [0.29, 0.717) is 22.4 Å². The summed E-state index contributed by atoms with van der Waals surface area (Å²) < 4.78 is 7.27. The lowest BCUT2D eigenvalue weighted by Gasteiger charge is -2.24. The molecule has 0 saturated heterocycles. The number of amides is 1. The second kappa shape index (κ2) is 8.28. The highest BCUT2D eigenvalue weighted by molar-refractivity contribution is 7.98. The lowest BCUT2D eigenvalue weighted by molar-refractivity contribution is 0.0588. The number of imidazole rings is 1. The summed E-state index contributed by atoms with van der Waals surface area (Å²) in [7, 11) is 3.44. The van der Waals surface area contributed by atoms with E-state index in [1.165, 1.54) is 4.90 Å². The Morgan fingerprint density at radius 1 is 1.30 bits per heavy atom. The van der Waals surface area contributed by atoms with Crippen molar-refractivity contribution in [2.75, 3.05) is 23.9 Å². The highest BCUT2D eigenvalue weighted by Crippen LogP contribution is 2.29. The van der Waals surface area contributed by atoms with E-state index < -0.39 is 11.7 Å². The van der Waals surface area contributed by atoms with Gasteiger partial charge in [0.25, 0.3) is 0 Å². The Balaban J connectivity index is 2.08. The summed E-state index contributed by atoms with van der Waals surface area (Å²) in [5, 5.41) is 0. The number of carbonyl (C=O) groups excluding carboxylic acids is 1. The predicted octanol–water partition coefficient (Wildman–Crippen LogP) is 4.04. The van der Waals surface area contributed by atoms with Gasteiger partial charge in [0.05, 0.1) is 17.4 Å². The molecule has 0 fully saturated rings. The number of nitrogen functional groups attached to an aromatic ring is 1. The molecule has 156 valence electrons. The molecular weight excluding hydrogens is 398 g/mol. The first-order valence-electron chi connectivity index (χ1n) is 9.34. The Kier molecular flexibility index (Phi) is 5.94. The number of ether oxygens (including phenoxy) is 1. The first kappa shape index (κ1) is 21.5. The topological polar surface area (TPSA) is 86.3 Å². The molecule has 1 amide bonds. The fourth-order valence-electron chi connectivity index (χ4n) is 2.84. The lowest BCUT2D eigenvalue weighted by atomic mass is 10.1. The number of benzene rings is 1. The van der Waals surface area contributed by atoms with Gasteiger partial charge in [-0.3, -0.25) is 4.90 Å². The van der Waals surface area contributed by atoms with Crippen molar-refractivity contribution >= 4 is 40.5 Å². The maximum absolute atomic E-state index is 12.5. The van der Waals surface area contributed by atoms with Gasteiger partial charge in [-0.25, -0.2) is 14.8 Å². The number of rotatable bonds is 2. The smallest absolute Gasteiger partial charge is 0.415 e. The summed E-state index contributed by atoms with van der Waals surface area (Å²) in [6.07, 6.45) is 3.14. The molecule has 0 spiro atoms. The van der Waals surface area contributed by atoms with Gasteiger partial charge in [0.1, 0.15) is 16.9 Å². The van der Waals surface area contributed by atoms with Crippen molar-refractivity contribution in [3.63, 3.8) is 0 Å². The number of aromatic nitrogens is 3. The van der Waals surface area contributed by atoms with Gasteiger partial charge in [-0.1, -0.05) is 17.9 Å². The Bertz CT molecular complexity index is 1170. The summed E-state index contributed by atoms with van der Waals surface area (Å²) in [4.78, 5) is 23.8. The van der Waals surface area contributed by atoms with E-state index in [1.54, 1.807) is 25.1 Å². The monoisotopic (exact) mass is 423 g/mol. The van der Waals surface area contributed by atoms with E-state index in [2.05, 4.69) is 21.8 Å². The van der Waals surface area contributed by atoms with Crippen molar-refractivity contribution < 1.29 is 9.53 Å². The number of aryl methyl sites for hydroxylation is 1. The minimum Gasteiger partial charge on any atom is -0.443 e. The van der Waals surface area contributed by atoms with E-state index in [9.17, 15) is 4.79 Å². The van der Waals surface area contributed by atoms with Gasteiger partial charge in [0, 0.05) is 24.6 Å². The standard InChI is InChI=1S/C22H25N5O2S/c1-22(2,3)29-21(28)27(5)20-17-18(26(4)13-24-17)16(19(23)25-20)11-10-14-8-7-9-15(12-14)30-6/h7-9,12-13H,1-6H3,(H2,23,25). The van der Waals surface area contributed by atoms with Crippen LogP contribution in [0, 0.1) is 11.8 Å². The maximum Gasteiger partial charge on any atom is 0.415 e. The summed E-state index contributed by atoms with van der Waals surface area (Å²) in [5.74, 6) is 6.85. The average Bonchev–Trinajstić information content (AvgIpc) is 3.06. The lowest BCUT2D eigenvalue weighted by Crippen LogP contribution is -2.34. The molecule has 30 heavy (non-hydrogen) atoms. The number of carbonyl (C=O) groups is 1. The van der Waals surface area contributed by atoms with Gasteiger partial charge in [-0.2, -0.15) is 0 Å². The molecule has 0 atom stereocenters. The van der Waals surface area contributed by atoms with Gasteiger partial charge in [-0.15, -0.1) is 11.8 Å². The molecule has 1 aromatic carbocycles. The van der Waals surface area contributed by atoms with Crippen LogP contribution in [0.4, 0.5) is 16.4 Å². The number of nitrogens with two attached hydrogens (primary N) is 1. The van der Waals surface area contributed by atoms with Crippen LogP contribution < -0.4 is 10.6 Å². The van der Waals surface area contributed by atoms with Crippen LogP contribution >= 0.6 is 11.8 Å². The molecule has 3 rings (SSSR count). The van der Waals surface area contributed by atoms with Gasteiger partial charge in [-0.05, 0) is 45.2 Å². The number of thioether (sulfide) groups is 1. The Morgan fingerprint density at radius 3 is 2.70 bits per heavy atom. The van der Waals surface area contributed by atoms with E-state index in [1.807, 2.05) is 62.9 Å². The van der Waals surface area contributed by atoms with E-state index >= 15 is 0 Å². The average molecular weight is 424 g/mol. The van der Waals surface area contributed by atoms with E-state index in [4.69, 9.17) is 10.5 Å². The summed E-state index contributed by atoms with van der Waals surface area (Å²) in [6, 6.07) is 7.97. The fourth-order valence-corrected chi connectivity index (χ4v) is 3.30. The van der Waals surface area contributed by atoms with Crippen LogP contribution in [0.25, 0.3) is 11.0 Å². The molecule has 2 aromatic heterocycles. The molecule has 7 nitrogen and oxygen atoms in total. The molecule has 3 aromatic rings. The summed E-state index contributed by atoms with van der Waals surface area (Å²) in [6.45, 7) is 5.42. The van der Waals surface area contributed by atoms with Crippen LogP contribution in [-0.4, -0.2) is 39.5 Å². The largest absolute Gasteiger partial charge is 0.443 e. The number of nitrogens with zero attached hydrogens (tertiary/aromatic N) is 4. The minimum absolute atomic E-state index is 0.227. The molecule has 0 bridgehead atoms. The third kappa shape index (κ3) is 4.52. The zero-order valence-electron chi connectivity index (χ0n) is 18.0. The number of anilines is 2. The molecule has 0 aliphatic rings. The molecule has 0 radical (unpaired) electrons. The van der Waals surface area contributed by atoms with Crippen LogP contribution in [-0.2, 0) is 11.8 Å². The SMILES string of the molecule is CSc1cccc(C#Cc2c(N)nc(N(C)C(=O)OC(C)(C)C)c3ncn(C)c23)c1. The van der Waals surface area contributed by atoms with Crippen molar-refractivity contribution in [3.8, 4) is 11.8 Å². The summed E-state index contributed by atoms with van der Waals surface area (Å²) in [5.41, 5.74) is 8.33. The number of hydrogen-bond acceptors (Lipinski definition) is 6. The van der Waals surface area contributed by atoms with Crippen LogP contribution in [0.15, 0.2) is 35.5 Å². The maximum atomic E-state index is 12.5. The molecule has 8 heteroatoms. The minimum atomic E-state index is -0.628. The molecule has 2 N–H and O–H groups in total. The zero-order chi connectivity index (χ0) is 22.1. The van der Waals surface area contributed by atoms with E-state index in [-0.39, 0.29) is 5.82 Å². The molecule has 0 unspecified atom stereocenters. The third-order valence-corrected chi connectivity index (χ3v) is 4.98. The second-order valence-corrected chi connectivity index (χ2v) is 8.65. The number of fused-ring (bicyclic) bond motifs is 1. The van der Waals surface area contributed by atoms with Crippen molar-refractivity contribution in [2.24, 2.45) is 7.05 Å². The second-order valence-electron chi connectivity index (χ2n) is 7.77. The van der Waals surface area contributed by atoms with Crippen LogP contribution in [0.5, 0.6) is 0 Å². The Hall–Kier alpha value is -3.18. The van der Waals surface area contributed by atoms with Crippen molar-refractivity contribution in [3.05, 3.63) is 41.7 Å². The van der Waals surface area contributed by atoms with Crippen molar-refractivity contribution in [2.45, 2.75) is 31.3 Å². The molecule has 0 aliphatic carbocycles. The first-order chi connectivity index (χ1) is 14.1. The summed E-state index contributed by atoms with van der Waals surface area (Å²) >= 11 is 1.66. The van der Waals surface area contributed by atoms with Gasteiger partial charge in [0.2, 0.25) is 0 Å². The first-order valence-corrected chi connectivity index (χ1v) is 10.6. The third-order valence-electron chi connectivity index (χ3n) is 4.25. The molecule has 2 heterocycles. The highest BCUT2D eigenvalue weighted by atomic mass is 32.2. The Morgan fingerprint density at radius 2 is 2.03 bits per heavy atom. The van der Waals surface area contributed by atoms with Gasteiger partial charge in [0.15, 0.2) is 5.82 Å². The zero-order valence-corrected chi connectivity index (χ0v) is 18.8. The highest BCUT2D eigenvalue weighted by Gasteiger charge is 2.25. The quantitative estimate of drug-likeness (QED) is 0.494. The van der Waals surface area contributed by atoms with Crippen LogP contribution in [0.2, 0.25) is 0 Å². The van der Waals surface area contributed by atoms with Gasteiger partial charge < -0.3 is 15.0 Å². The van der Waals surface area contributed by atoms with E-state index in [0.717, 1.165) is 10.5 Å². The molecular formula is C22H25N5O2S. The van der Waals surface area contributed by atoms with Gasteiger partial charge >= 0.3 is 6.09 Å². The predicted molar refractivity (Wildman–Crippen MR) is 122 cm³/mol. The van der Waals surface area contributed by atoms with Crippen LogP contribution in [0.3, 0.4) is 0 Å². The van der Waals surface area contributed by atoms with Crippen molar-refractivity contribution in [1.82, 2.24) is 14.5 Å². The van der Waals surface area contributed by atoms with Crippen molar-refractivity contribution in [1.29, 1.82) is 0 Å². The Labute approximate surface area is 180 Å². The molecule has 0 aliphatic heterocycles.